The molecule has 0 aliphatic carbocycles. The summed E-state index contributed by atoms with van der Waals surface area (Å²) >= 11 is 0. The number of carbonyl (C=O) groups excluding carboxylic acids is 1. The maximum atomic E-state index is 11.7. The minimum absolute atomic E-state index is 0.222. The third kappa shape index (κ3) is 3.26. The van der Waals surface area contributed by atoms with Crippen molar-refractivity contribution in [3.05, 3.63) is 29.8 Å². The molecule has 104 valence electrons. The fourth-order valence-corrected chi connectivity index (χ4v) is 2.66. The van der Waals surface area contributed by atoms with Gasteiger partial charge in [-0.15, -0.1) is 0 Å². The number of rotatable bonds is 5. The quantitative estimate of drug-likeness (QED) is 0.847. The van der Waals surface area contributed by atoms with E-state index in [1.165, 1.54) is 5.56 Å². The van der Waals surface area contributed by atoms with Crippen LogP contribution in [-0.2, 0) is 11.2 Å². The maximum Gasteiger partial charge on any atom is 0.237 e. The van der Waals surface area contributed by atoms with Crippen molar-refractivity contribution >= 4 is 5.91 Å². The first-order chi connectivity index (χ1) is 9.16. The van der Waals surface area contributed by atoms with E-state index in [2.05, 4.69) is 5.32 Å². The second-order valence-electron chi connectivity index (χ2n) is 5.18. The van der Waals surface area contributed by atoms with Crippen LogP contribution >= 0.6 is 0 Å². The molecule has 1 aromatic rings. The summed E-state index contributed by atoms with van der Waals surface area (Å²) in [5.74, 6) is 0.630. The number of ether oxygens (including phenoxy) is 1. The first-order valence-corrected chi connectivity index (χ1v) is 6.84. The Hall–Kier alpha value is -1.55. The highest BCUT2D eigenvalue weighted by Gasteiger charge is 2.36. The molecule has 1 atom stereocenters. The number of nitrogens with two attached hydrogens (primary N) is 1. The molecule has 1 unspecified atom stereocenters. The van der Waals surface area contributed by atoms with Gasteiger partial charge in [0, 0.05) is 0 Å². The highest BCUT2D eigenvalue weighted by Crippen LogP contribution is 2.25. The van der Waals surface area contributed by atoms with Crippen molar-refractivity contribution in [1.29, 1.82) is 0 Å². The lowest BCUT2D eigenvalue weighted by molar-refractivity contribution is -0.125. The lowest BCUT2D eigenvalue weighted by Crippen LogP contribution is -2.57. The van der Waals surface area contributed by atoms with Crippen molar-refractivity contribution in [3.8, 4) is 5.75 Å². The van der Waals surface area contributed by atoms with Crippen molar-refractivity contribution < 1.29 is 9.53 Å². The molecule has 0 aromatic heterocycles. The van der Waals surface area contributed by atoms with Crippen LogP contribution in [-0.4, -0.2) is 25.1 Å². The maximum absolute atomic E-state index is 11.7. The number of benzene rings is 1. The summed E-state index contributed by atoms with van der Waals surface area (Å²) in [4.78, 5) is 11.7. The van der Waals surface area contributed by atoms with Crippen LogP contribution in [0, 0.1) is 0 Å². The minimum atomic E-state index is -0.516. The average Bonchev–Trinajstić information content (AvgIpc) is 2.46. The Morgan fingerprint density at radius 3 is 2.63 bits per heavy atom. The Morgan fingerprint density at radius 1 is 1.37 bits per heavy atom. The Kier molecular flexibility index (Phi) is 4.43. The first-order valence-electron chi connectivity index (χ1n) is 6.84. The zero-order valence-corrected chi connectivity index (χ0v) is 11.4. The number of carbonyl (C=O) groups is 1. The lowest BCUT2D eigenvalue weighted by atomic mass is 9.83. The zero-order valence-electron chi connectivity index (χ0n) is 11.4. The second kappa shape index (κ2) is 6.06. The van der Waals surface area contributed by atoms with Crippen LogP contribution in [0.25, 0.3) is 0 Å². The monoisotopic (exact) mass is 262 g/mol. The molecule has 0 spiro atoms. The molecule has 1 aromatic carbocycles. The van der Waals surface area contributed by atoms with Gasteiger partial charge in [0.1, 0.15) is 5.75 Å². The van der Waals surface area contributed by atoms with E-state index in [9.17, 15) is 4.79 Å². The normalized spacial score (nSPS) is 23.0. The van der Waals surface area contributed by atoms with Gasteiger partial charge in [0.05, 0.1) is 12.6 Å². The molecule has 2 rings (SSSR count). The van der Waals surface area contributed by atoms with E-state index in [1.807, 2.05) is 24.3 Å². The topological polar surface area (TPSA) is 64.3 Å². The van der Waals surface area contributed by atoms with Gasteiger partial charge in [-0.25, -0.2) is 0 Å². The van der Waals surface area contributed by atoms with Gasteiger partial charge in [-0.3, -0.25) is 4.79 Å². The molecule has 0 radical (unpaired) electrons. The number of aryl methyl sites for hydroxylation is 1. The number of primary amides is 1. The van der Waals surface area contributed by atoms with Gasteiger partial charge in [0.25, 0.3) is 0 Å². The van der Waals surface area contributed by atoms with Crippen LogP contribution in [0.4, 0.5) is 0 Å². The molecule has 1 heterocycles. The zero-order chi connectivity index (χ0) is 13.7. The molecule has 1 amide bonds. The third-order valence-electron chi connectivity index (χ3n) is 3.96. The lowest BCUT2D eigenvalue weighted by Gasteiger charge is -2.35. The van der Waals surface area contributed by atoms with Gasteiger partial charge in [0.2, 0.25) is 5.91 Å². The fraction of sp³-hybridized carbons (Fsp3) is 0.533. The van der Waals surface area contributed by atoms with Crippen LogP contribution in [0.3, 0.4) is 0 Å². The van der Waals surface area contributed by atoms with Crippen LogP contribution in [0.5, 0.6) is 5.75 Å². The van der Waals surface area contributed by atoms with Crippen LogP contribution in [0.2, 0.25) is 0 Å². The minimum Gasteiger partial charge on any atom is -0.497 e. The fourth-order valence-electron chi connectivity index (χ4n) is 2.66. The summed E-state index contributed by atoms with van der Waals surface area (Å²) in [5, 5.41) is 3.33. The number of nitrogens with one attached hydrogen (secondary N) is 1. The van der Waals surface area contributed by atoms with Gasteiger partial charge in [-0.1, -0.05) is 12.1 Å². The van der Waals surface area contributed by atoms with E-state index in [-0.39, 0.29) is 5.91 Å². The van der Waals surface area contributed by atoms with Gasteiger partial charge < -0.3 is 15.8 Å². The number of hydrogen-bond donors (Lipinski definition) is 2. The van der Waals surface area contributed by atoms with Gasteiger partial charge >= 0.3 is 0 Å². The molecule has 19 heavy (non-hydrogen) atoms. The Labute approximate surface area is 114 Å². The molecular weight excluding hydrogens is 240 g/mol. The summed E-state index contributed by atoms with van der Waals surface area (Å²) in [5.41, 5.74) is 6.28. The smallest absolute Gasteiger partial charge is 0.237 e. The van der Waals surface area contributed by atoms with Crippen LogP contribution in [0.15, 0.2) is 24.3 Å². The van der Waals surface area contributed by atoms with E-state index in [0.717, 1.165) is 44.4 Å². The van der Waals surface area contributed by atoms with E-state index in [1.54, 1.807) is 7.11 Å². The Balaban J connectivity index is 2.00. The van der Waals surface area contributed by atoms with Crippen molar-refractivity contribution in [3.63, 3.8) is 0 Å². The van der Waals surface area contributed by atoms with Gasteiger partial charge in [0.15, 0.2) is 0 Å². The van der Waals surface area contributed by atoms with Crippen molar-refractivity contribution in [2.24, 2.45) is 5.73 Å². The summed E-state index contributed by atoms with van der Waals surface area (Å²) in [7, 11) is 1.66. The second-order valence-corrected chi connectivity index (χ2v) is 5.18. The highest BCUT2D eigenvalue weighted by molar-refractivity contribution is 5.84. The highest BCUT2D eigenvalue weighted by atomic mass is 16.5. The average molecular weight is 262 g/mol. The van der Waals surface area contributed by atoms with Crippen LogP contribution < -0.4 is 15.8 Å². The summed E-state index contributed by atoms with van der Waals surface area (Å²) < 4.78 is 5.14. The largest absolute Gasteiger partial charge is 0.497 e. The van der Waals surface area contributed by atoms with E-state index in [4.69, 9.17) is 10.5 Å². The molecular formula is C15H22N2O2. The molecule has 4 heteroatoms. The summed E-state index contributed by atoms with van der Waals surface area (Å²) in [6, 6.07) is 7.97. The van der Waals surface area contributed by atoms with Crippen molar-refractivity contribution in [2.75, 3.05) is 13.7 Å². The van der Waals surface area contributed by atoms with Crippen LogP contribution in [0.1, 0.15) is 31.2 Å². The summed E-state index contributed by atoms with van der Waals surface area (Å²) in [6.07, 6.45) is 4.64. The number of amides is 1. The van der Waals surface area contributed by atoms with Crippen molar-refractivity contribution in [1.82, 2.24) is 5.32 Å². The SMILES string of the molecule is COc1ccc(CCC2(C(N)=O)CCCCN2)cc1. The molecule has 1 aliphatic heterocycles. The van der Waals surface area contributed by atoms with E-state index < -0.39 is 5.54 Å². The third-order valence-corrected chi connectivity index (χ3v) is 3.96. The van der Waals surface area contributed by atoms with Gasteiger partial charge in [-0.2, -0.15) is 0 Å². The standard InChI is InChI=1S/C15H22N2O2/c1-19-13-6-4-12(5-7-13)8-10-15(14(16)18)9-2-3-11-17-15/h4-7,17H,2-3,8-11H2,1H3,(H2,16,18). The Morgan fingerprint density at radius 2 is 2.11 bits per heavy atom. The molecule has 3 N–H and O–H groups in total. The molecule has 0 bridgehead atoms. The predicted molar refractivity (Wildman–Crippen MR) is 75.1 cm³/mol. The van der Waals surface area contributed by atoms with Gasteiger partial charge in [-0.05, 0) is 56.3 Å². The summed E-state index contributed by atoms with van der Waals surface area (Å²) in [6.45, 7) is 0.881. The first kappa shape index (κ1) is 13.9. The Bertz CT molecular complexity index is 422. The van der Waals surface area contributed by atoms with E-state index >= 15 is 0 Å². The number of hydrogen-bond acceptors (Lipinski definition) is 3. The molecule has 1 aliphatic rings. The number of piperidine rings is 1. The molecule has 4 nitrogen and oxygen atoms in total. The molecule has 0 saturated carbocycles. The predicted octanol–water partition coefficient (Wildman–Crippen LogP) is 1.63. The number of methoxy groups -OCH3 is 1. The van der Waals surface area contributed by atoms with E-state index in [0.29, 0.717) is 0 Å². The molecule has 1 fully saturated rings. The van der Waals surface area contributed by atoms with Crippen molar-refractivity contribution in [2.45, 2.75) is 37.6 Å². The molecule has 1 saturated heterocycles.